The van der Waals surface area contributed by atoms with Crippen molar-refractivity contribution in [3.8, 4) is 0 Å². The van der Waals surface area contributed by atoms with Gasteiger partial charge in [-0.15, -0.1) is 11.3 Å². The van der Waals surface area contributed by atoms with Crippen LogP contribution in [0.4, 0.5) is 0 Å². The van der Waals surface area contributed by atoms with Gasteiger partial charge in [0.05, 0.1) is 31.8 Å². The van der Waals surface area contributed by atoms with Gasteiger partial charge in [0.25, 0.3) is 0 Å². The molecule has 1 aromatic rings. The predicted octanol–water partition coefficient (Wildman–Crippen LogP) is 1.31. The number of hydrogen-bond acceptors (Lipinski definition) is 7. The Morgan fingerprint density at radius 3 is 2.53 bits per heavy atom. The number of hydrogen-bond donors (Lipinski definition) is 3. The average molecular weight is 442 g/mol. The zero-order valence-electron chi connectivity index (χ0n) is 16.9. The van der Waals surface area contributed by atoms with Crippen LogP contribution in [0.3, 0.4) is 0 Å². The lowest BCUT2D eigenvalue weighted by molar-refractivity contribution is -0.148. The fraction of sp³-hybridized carbons (Fsp3) is 0.600. The van der Waals surface area contributed by atoms with Crippen LogP contribution in [0.15, 0.2) is 0 Å². The molecule has 3 N–H and O–H groups in total. The van der Waals surface area contributed by atoms with Crippen LogP contribution in [0.5, 0.6) is 0 Å². The highest BCUT2D eigenvalue weighted by Crippen LogP contribution is 2.37. The third-order valence-electron chi connectivity index (χ3n) is 4.83. The van der Waals surface area contributed by atoms with E-state index in [4.69, 9.17) is 14.6 Å². The Balaban J connectivity index is 1.87. The molecule has 10 heteroatoms. The summed E-state index contributed by atoms with van der Waals surface area (Å²) in [5, 5.41) is 21.1. The van der Waals surface area contributed by atoms with E-state index < -0.39 is 24.1 Å². The van der Waals surface area contributed by atoms with Gasteiger partial charge in [-0.05, 0) is 37.7 Å². The second-order valence-corrected chi connectivity index (χ2v) is 8.17. The standard InChI is InChI=1S/C20H27NO8S/c1-2-28-7-8-29-6-5-21-17(23)10-12-3-4-13-15(9-12)30-16(18(13)20(26)27)11-14(22)19(24)25/h12H,2-11H2,1H3,(H,21,23)(H,24,25)(H,26,27). The van der Waals surface area contributed by atoms with Crippen molar-refractivity contribution in [2.24, 2.45) is 5.92 Å². The van der Waals surface area contributed by atoms with Crippen LogP contribution in [0.1, 0.15) is 45.4 Å². The Labute approximate surface area is 178 Å². The van der Waals surface area contributed by atoms with E-state index in [1.165, 1.54) is 11.3 Å². The smallest absolute Gasteiger partial charge is 0.372 e. The number of amides is 1. The summed E-state index contributed by atoms with van der Waals surface area (Å²) < 4.78 is 10.5. The third kappa shape index (κ3) is 6.89. The summed E-state index contributed by atoms with van der Waals surface area (Å²) in [5.74, 6) is -3.78. The highest BCUT2D eigenvalue weighted by atomic mass is 32.1. The third-order valence-corrected chi connectivity index (χ3v) is 6.09. The van der Waals surface area contributed by atoms with Crippen molar-refractivity contribution < 1.29 is 38.9 Å². The number of fused-ring (bicyclic) bond motifs is 1. The van der Waals surface area contributed by atoms with Gasteiger partial charge in [0, 0.05) is 29.3 Å². The van der Waals surface area contributed by atoms with Crippen molar-refractivity contribution in [2.75, 3.05) is 33.0 Å². The van der Waals surface area contributed by atoms with Gasteiger partial charge >= 0.3 is 11.9 Å². The van der Waals surface area contributed by atoms with E-state index in [0.717, 1.165) is 4.88 Å². The predicted molar refractivity (Wildman–Crippen MR) is 108 cm³/mol. The number of nitrogens with one attached hydrogen (secondary N) is 1. The Hall–Kier alpha value is -2.30. The molecule has 2 rings (SSSR count). The van der Waals surface area contributed by atoms with E-state index in [1.807, 2.05) is 6.92 Å². The number of carbonyl (C=O) groups excluding carboxylic acids is 2. The number of Topliss-reactive ketones (excluding diaryl/α,β-unsaturated/α-hetero) is 1. The first kappa shape index (κ1) is 24.0. The van der Waals surface area contributed by atoms with Crippen LogP contribution in [0.2, 0.25) is 0 Å². The average Bonchev–Trinajstić information content (AvgIpc) is 3.04. The summed E-state index contributed by atoms with van der Waals surface area (Å²) in [6, 6.07) is 0. The molecule has 0 bridgehead atoms. The number of thiophene rings is 1. The van der Waals surface area contributed by atoms with Crippen LogP contribution < -0.4 is 5.32 Å². The highest BCUT2D eigenvalue weighted by Gasteiger charge is 2.30. The first-order valence-electron chi connectivity index (χ1n) is 9.88. The molecule has 9 nitrogen and oxygen atoms in total. The lowest BCUT2D eigenvalue weighted by Gasteiger charge is -2.22. The summed E-state index contributed by atoms with van der Waals surface area (Å²) in [4.78, 5) is 47.3. The minimum atomic E-state index is -1.57. The number of aliphatic carboxylic acids is 1. The maximum Gasteiger partial charge on any atom is 0.372 e. The number of carboxylic acid groups (broad SMARTS) is 2. The Morgan fingerprint density at radius 2 is 1.87 bits per heavy atom. The first-order valence-corrected chi connectivity index (χ1v) is 10.7. The van der Waals surface area contributed by atoms with Crippen LogP contribution in [-0.2, 0) is 43.1 Å². The van der Waals surface area contributed by atoms with Gasteiger partial charge < -0.3 is 25.0 Å². The fourth-order valence-corrected chi connectivity index (χ4v) is 4.90. The number of aromatic carboxylic acids is 1. The van der Waals surface area contributed by atoms with Crippen molar-refractivity contribution in [3.63, 3.8) is 0 Å². The molecule has 0 aliphatic heterocycles. The van der Waals surface area contributed by atoms with Crippen LogP contribution in [0.25, 0.3) is 0 Å². The maximum absolute atomic E-state index is 12.2. The molecule has 0 saturated carbocycles. The van der Waals surface area contributed by atoms with Gasteiger partial charge in [-0.2, -0.15) is 0 Å². The van der Waals surface area contributed by atoms with Gasteiger partial charge in [0.15, 0.2) is 0 Å². The van der Waals surface area contributed by atoms with Crippen LogP contribution in [0, 0.1) is 5.92 Å². The summed E-state index contributed by atoms with van der Waals surface area (Å²) in [6.07, 6.45) is 1.59. The molecule has 1 aromatic heterocycles. The highest BCUT2D eigenvalue weighted by molar-refractivity contribution is 7.12. The normalized spacial score (nSPS) is 15.4. The zero-order chi connectivity index (χ0) is 22.1. The van der Waals surface area contributed by atoms with E-state index in [2.05, 4.69) is 5.32 Å². The van der Waals surface area contributed by atoms with Gasteiger partial charge in [-0.1, -0.05) is 0 Å². The number of ketones is 1. The molecular formula is C20H27NO8S. The summed E-state index contributed by atoms with van der Waals surface area (Å²) >= 11 is 1.17. The van der Waals surface area contributed by atoms with Crippen molar-refractivity contribution in [1.82, 2.24) is 5.32 Å². The van der Waals surface area contributed by atoms with Gasteiger partial charge in [0.2, 0.25) is 11.7 Å². The molecule has 30 heavy (non-hydrogen) atoms. The number of rotatable bonds is 13. The summed E-state index contributed by atoms with van der Waals surface area (Å²) in [7, 11) is 0. The first-order chi connectivity index (χ1) is 14.3. The Morgan fingerprint density at radius 1 is 1.13 bits per heavy atom. The second-order valence-electron chi connectivity index (χ2n) is 6.98. The molecule has 1 amide bonds. The fourth-order valence-electron chi connectivity index (χ4n) is 3.44. The summed E-state index contributed by atoms with van der Waals surface area (Å²) in [5.41, 5.74) is 0.719. The minimum Gasteiger partial charge on any atom is -0.478 e. The maximum atomic E-state index is 12.2. The van der Waals surface area contributed by atoms with Crippen LogP contribution in [-0.4, -0.2) is 66.8 Å². The molecule has 0 spiro atoms. The van der Waals surface area contributed by atoms with E-state index in [-0.39, 0.29) is 22.3 Å². The monoisotopic (exact) mass is 441 g/mol. The summed E-state index contributed by atoms with van der Waals surface area (Å²) in [6.45, 7) is 4.36. The van der Waals surface area contributed by atoms with Crippen molar-refractivity contribution in [2.45, 2.75) is 39.0 Å². The second kappa shape index (κ2) is 11.8. The van der Waals surface area contributed by atoms with Crippen molar-refractivity contribution >= 4 is 35.0 Å². The molecule has 0 fully saturated rings. The number of ether oxygens (including phenoxy) is 2. The van der Waals surface area contributed by atoms with E-state index in [9.17, 15) is 24.3 Å². The molecule has 1 atom stereocenters. The SMILES string of the molecule is CCOCCOCCNC(=O)CC1CCc2c(sc(CC(=O)C(=O)O)c2C(=O)O)C1. The number of carbonyl (C=O) groups is 4. The lowest BCUT2D eigenvalue weighted by Crippen LogP contribution is -2.30. The zero-order valence-corrected chi connectivity index (χ0v) is 17.7. The molecule has 0 aromatic carbocycles. The largest absolute Gasteiger partial charge is 0.478 e. The van der Waals surface area contributed by atoms with Crippen molar-refractivity contribution in [3.05, 3.63) is 20.9 Å². The quantitative estimate of drug-likeness (QED) is 0.308. The molecule has 1 unspecified atom stereocenters. The topological polar surface area (TPSA) is 139 Å². The van der Waals surface area contributed by atoms with Gasteiger partial charge in [-0.25, -0.2) is 9.59 Å². The van der Waals surface area contributed by atoms with Crippen molar-refractivity contribution in [1.29, 1.82) is 0 Å². The molecule has 1 heterocycles. The molecule has 0 saturated heterocycles. The molecule has 1 aliphatic carbocycles. The molecular weight excluding hydrogens is 414 g/mol. The van der Waals surface area contributed by atoms with Gasteiger partial charge in [0.1, 0.15) is 0 Å². The molecule has 166 valence electrons. The minimum absolute atomic E-state index is 0.0525. The van der Waals surface area contributed by atoms with Crippen LogP contribution >= 0.6 is 11.3 Å². The number of carboxylic acids is 2. The lowest BCUT2D eigenvalue weighted by atomic mass is 9.84. The van der Waals surface area contributed by atoms with Gasteiger partial charge in [-0.3, -0.25) is 9.59 Å². The van der Waals surface area contributed by atoms with E-state index in [0.29, 0.717) is 64.2 Å². The van der Waals surface area contributed by atoms with E-state index in [1.54, 1.807) is 0 Å². The molecule has 0 radical (unpaired) electrons. The Bertz CT molecular complexity index is 788. The molecule has 1 aliphatic rings. The Kier molecular flexibility index (Phi) is 9.41. The van der Waals surface area contributed by atoms with E-state index >= 15 is 0 Å².